The van der Waals surface area contributed by atoms with Gasteiger partial charge in [-0.25, -0.2) is 0 Å². The molecule has 0 saturated carbocycles. The number of H-pyrrole nitrogens is 1. The molecule has 0 bridgehead atoms. The van der Waals surface area contributed by atoms with Gasteiger partial charge in [0.05, 0.1) is 6.26 Å². The summed E-state index contributed by atoms with van der Waals surface area (Å²) in [5.74, 6) is 1.34. The molecule has 0 aliphatic carbocycles. The lowest BCUT2D eigenvalue weighted by Crippen LogP contribution is -2.09. The predicted molar refractivity (Wildman–Crippen MR) is 89.3 cm³/mol. The Morgan fingerprint density at radius 3 is 2.92 bits per heavy atom. The number of amides is 1. The number of ether oxygens (including phenoxy) is 1. The molecule has 25 heavy (non-hydrogen) atoms. The van der Waals surface area contributed by atoms with Crippen LogP contribution < -0.4 is 10.1 Å². The van der Waals surface area contributed by atoms with Gasteiger partial charge < -0.3 is 9.15 Å². The number of nitriles is 1. The standard InChI is InChI=1S/C17H13N5O3/c18-9-11-24-13-6-3-12(4-7-13)5-8-15(23)19-17-20-16(21-22-17)14-2-1-10-25-14/h1-8,10H,11H2,(H2,19,20,21,22,23)/b8-5+. The maximum atomic E-state index is 11.9. The van der Waals surface area contributed by atoms with Crippen LogP contribution >= 0.6 is 0 Å². The second-order valence-electron chi connectivity index (χ2n) is 4.82. The highest BCUT2D eigenvalue weighted by molar-refractivity contribution is 6.00. The van der Waals surface area contributed by atoms with E-state index in [-0.39, 0.29) is 18.5 Å². The van der Waals surface area contributed by atoms with Crippen molar-refractivity contribution < 1.29 is 13.9 Å². The van der Waals surface area contributed by atoms with E-state index in [1.54, 1.807) is 42.5 Å². The summed E-state index contributed by atoms with van der Waals surface area (Å²) in [5.41, 5.74) is 0.811. The Morgan fingerprint density at radius 1 is 1.36 bits per heavy atom. The summed E-state index contributed by atoms with van der Waals surface area (Å²) in [7, 11) is 0. The molecule has 8 heteroatoms. The first kappa shape index (κ1) is 16.0. The number of aromatic amines is 1. The van der Waals surface area contributed by atoms with Crippen LogP contribution in [0.4, 0.5) is 5.95 Å². The number of hydrogen-bond donors (Lipinski definition) is 2. The van der Waals surface area contributed by atoms with Crippen molar-refractivity contribution in [1.82, 2.24) is 15.2 Å². The Hall–Kier alpha value is -3.86. The van der Waals surface area contributed by atoms with E-state index < -0.39 is 0 Å². The summed E-state index contributed by atoms with van der Waals surface area (Å²) < 4.78 is 10.3. The fraction of sp³-hybridized carbons (Fsp3) is 0.0588. The third-order valence-corrected chi connectivity index (χ3v) is 3.09. The minimum Gasteiger partial charge on any atom is -0.479 e. The van der Waals surface area contributed by atoms with Crippen LogP contribution in [0.5, 0.6) is 5.75 Å². The quantitative estimate of drug-likeness (QED) is 0.669. The van der Waals surface area contributed by atoms with Crippen LogP contribution in [0.2, 0.25) is 0 Å². The molecule has 0 saturated heterocycles. The molecule has 124 valence electrons. The number of hydrogen-bond acceptors (Lipinski definition) is 6. The molecule has 2 heterocycles. The first-order valence-electron chi connectivity index (χ1n) is 7.30. The molecule has 8 nitrogen and oxygen atoms in total. The lowest BCUT2D eigenvalue weighted by molar-refractivity contribution is -0.111. The number of carbonyl (C=O) groups is 1. The van der Waals surface area contributed by atoms with Gasteiger partial charge in [-0.3, -0.25) is 15.2 Å². The third-order valence-electron chi connectivity index (χ3n) is 3.09. The summed E-state index contributed by atoms with van der Waals surface area (Å²) in [4.78, 5) is 16.0. The van der Waals surface area contributed by atoms with Crippen LogP contribution in [0.1, 0.15) is 5.56 Å². The van der Waals surface area contributed by atoms with Gasteiger partial charge in [-0.1, -0.05) is 12.1 Å². The van der Waals surface area contributed by atoms with E-state index in [2.05, 4.69) is 20.5 Å². The first-order valence-corrected chi connectivity index (χ1v) is 7.30. The molecule has 2 N–H and O–H groups in total. The second kappa shape index (κ2) is 7.61. The summed E-state index contributed by atoms with van der Waals surface area (Å²) in [6.45, 7) is -0.00570. The van der Waals surface area contributed by atoms with Crippen LogP contribution in [-0.4, -0.2) is 27.7 Å². The first-order chi connectivity index (χ1) is 12.2. The molecular weight excluding hydrogens is 322 g/mol. The Labute approximate surface area is 142 Å². The summed E-state index contributed by atoms with van der Waals surface area (Å²) in [6, 6.07) is 12.4. The fourth-order valence-electron chi connectivity index (χ4n) is 1.96. The monoisotopic (exact) mass is 335 g/mol. The minimum absolute atomic E-state index is 0.00570. The molecular formula is C17H13N5O3. The van der Waals surface area contributed by atoms with Crippen molar-refractivity contribution in [2.24, 2.45) is 0 Å². The molecule has 0 aliphatic heterocycles. The Kier molecular flexibility index (Phi) is 4.87. The molecule has 0 fully saturated rings. The number of nitrogens with one attached hydrogen (secondary N) is 2. The molecule has 1 aromatic carbocycles. The maximum absolute atomic E-state index is 11.9. The number of carbonyl (C=O) groups excluding carboxylic acids is 1. The lowest BCUT2D eigenvalue weighted by atomic mass is 10.2. The molecule has 0 radical (unpaired) electrons. The highest BCUT2D eigenvalue weighted by Crippen LogP contribution is 2.16. The van der Waals surface area contributed by atoms with Gasteiger partial charge in [0.15, 0.2) is 18.2 Å². The van der Waals surface area contributed by atoms with E-state index in [1.165, 1.54) is 12.3 Å². The Bertz CT molecular complexity index is 905. The van der Waals surface area contributed by atoms with Crippen LogP contribution in [0.25, 0.3) is 17.7 Å². The van der Waals surface area contributed by atoms with E-state index in [9.17, 15) is 4.79 Å². The number of rotatable bonds is 6. The molecule has 3 aromatic rings. The van der Waals surface area contributed by atoms with Gasteiger partial charge in [-0.05, 0) is 35.9 Å². The van der Waals surface area contributed by atoms with Gasteiger partial charge in [-0.15, -0.1) is 5.10 Å². The smallest absolute Gasteiger partial charge is 0.250 e. The SMILES string of the molecule is N#CCOc1ccc(/C=C/C(=O)Nc2n[nH]c(-c3ccco3)n2)cc1. The topological polar surface area (TPSA) is 117 Å². The van der Waals surface area contributed by atoms with Crippen LogP contribution in [0.15, 0.2) is 53.2 Å². The molecule has 0 aliphatic rings. The highest BCUT2D eigenvalue weighted by atomic mass is 16.5. The van der Waals surface area contributed by atoms with Gasteiger partial charge in [0.2, 0.25) is 5.95 Å². The average Bonchev–Trinajstić information content (AvgIpc) is 3.30. The molecule has 3 rings (SSSR count). The summed E-state index contributed by atoms with van der Waals surface area (Å²) in [5, 5.41) is 17.6. The van der Waals surface area contributed by atoms with Crippen molar-refractivity contribution in [2.75, 3.05) is 11.9 Å². The zero-order valence-corrected chi connectivity index (χ0v) is 13.0. The third kappa shape index (κ3) is 4.33. The van der Waals surface area contributed by atoms with Crippen molar-refractivity contribution in [3.8, 4) is 23.4 Å². The van der Waals surface area contributed by atoms with Crippen LogP contribution in [0, 0.1) is 11.3 Å². The van der Waals surface area contributed by atoms with E-state index in [0.717, 1.165) is 5.56 Å². The van der Waals surface area contributed by atoms with Crippen molar-refractivity contribution in [1.29, 1.82) is 5.26 Å². The minimum atomic E-state index is -0.366. The van der Waals surface area contributed by atoms with Crippen molar-refractivity contribution in [3.05, 3.63) is 54.3 Å². The van der Waals surface area contributed by atoms with Crippen molar-refractivity contribution >= 4 is 17.9 Å². The highest BCUT2D eigenvalue weighted by Gasteiger charge is 2.09. The van der Waals surface area contributed by atoms with Crippen LogP contribution in [0.3, 0.4) is 0 Å². The van der Waals surface area contributed by atoms with Gasteiger partial charge >= 0.3 is 0 Å². The Balaban J connectivity index is 1.57. The normalized spacial score (nSPS) is 10.5. The number of nitrogens with zero attached hydrogens (tertiary/aromatic N) is 3. The lowest BCUT2D eigenvalue weighted by Gasteiger charge is -2.01. The molecule has 0 unspecified atom stereocenters. The van der Waals surface area contributed by atoms with E-state index in [0.29, 0.717) is 17.3 Å². The van der Waals surface area contributed by atoms with Gasteiger partial charge in [-0.2, -0.15) is 10.2 Å². The summed E-state index contributed by atoms with van der Waals surface area (Å²) in [6.07, 6.45) is 4.53. The number of furan rings is 1. The zero-order valence-electron chi connectivity index (χ0n) is 13.0. The number of anilines is 1. The number of aromatic nitrogens is 3. The largest absolute Gasteiger partial charge is 0.479 e. The molecule has 0 atom stereocenters. The Morgan fingerprint density at radius 2 is 2.20 bits per heavy atom. The van der Waals surface area contributed by atoms with E-state index >= 15 is 0 Å². The predicted octanol–water partition coefficient (Wildman–Crippen LogP) is 2.62. The van der Waals surface area contributed by atoms with E-state index in [4.69, 9.17) is 14.4 Å². The number of benzene rings is 1. The van der Waals surface area contributed by atoms with Crippen molar-refractivity contribution in [2.45, 2.75) is 0 Å². The molecule has 1 amide bonds. The van der Waals surface area contributed by atoms with E-state index in [1.807, 2.05) is 6.07 Å². The molecule has 2 aromatic heterocycles. The molecule has 0 spiro atoms. The second-order valence-corrected chi connectivity index (χ2v) is 4.82. The summed E-state index contributed by atoms with van der Waals surface area (Å²) >= 11 is 0. The average molecular weight is 335 g/mol. The van der Waals surface area contributed by atoms with Crippen LogP contribution in [-0.2, 0) is 4.79 Å². The maximum Gasteiger partial charge on any atom is 0.250 e. The van der Waals surface area contributed by atoms with Gasteiger partial charge in [0, 0.05) is 6.08 Å². The zero-order chi connectivity index (χ0) is 17.5. The van der Waals surface area contributed by atoms with Crippen molar-refractivity contribution in [3.63, 3.8) is 0 Å². The van der Waals surface area contributed by atoms with Gasteiger partial charge in [0.25, 0.3) is 5.91 Å². The fourth-order valence-corrected chi connectivity index (χ4v) is 1.96. The van der Waals surface area contributed by atoms with Gasteiger partial charge in [0.1, 0.15) is 11.8 Å².